The van der Waals surface area contributed by atoms with E-state index in [2.05, 4.69) is 0 Å². The molecule has 1 saturated carbocycles. The van der Waals surface area contributed by atoms with Crippen LogP contribution in [0.2, 0.25) is 0 Å². The second-order valence-corrected chi connectivity index (χ2v) is 3.51. The molecule has 0 aromatic heterocycles. The van der Waals surface area contributed by atoms with Crippen molar-refractivity contribution < 1.29 is 19.4 Å². The van der Waals surface area contributed by atoms with Crippen molar-refractivity contribution in [3.8, 4) is 0 Å². The molecule has 2 aliphatic rings. The van der Waals surface area contributed by atoms with Gasteiger partial charge in [0.2, 0.25) is 0 Å². The van der Waals surface area contributed by atoms with E-state index in [1.807, 2.05) is 0 Å². The zero-order valence-electron chi connectivity index (χ0n) is 7.27. The van der Waals surface area contributed by atoms with Gasteiger partial charge in [-0.05, 0) is 19.8 Å². The summed E-state index contributed by atoms with van der Waals surface area (Å²) < 4.78 is 4.86. The van der Waals surface area contributed by atoms with Crippen LogP contribution in [0.5, 0.6) is 0 Å². The molecule has 0 aromatic carbocycles. The standard InChI is InChI=1S/C8H11NO4/c1-4-6(7(10)11)9(5-2-3-5)8(12)13-4/h4-6H,2-3H2,1H3,(H,10,11). The first-order valence-electron chi connectivity index (χ1n) is 4.33. The number of hydrogen-bond acceptors (Lipinski definition) is 3. The minimum Gasteiger partial charge on any atom is -0.480 e. The third-order valence-electron chi connectivity index (χ3n) is 2.44. The molecule has 1 amide bonds. The summed E-state index contributed by atoms with van der Waals surface area (Å²) in [7, 11) is 0. The molecular formula is C8H11NO4. The summed E-state index contributed by atoms with van der Waals surface area (Å²) in [4.78, 5) is 23.4. The molecule has 5 nitrogen and oxygen atoms in total. The van der Waals surface area contributed by atoms with E-state index in [9.17, 15) is 9.59 Å². The van der Waals surface area contributed by atoms with E-state index < -0.39 is 24.2 Å². The summed E-state index contributed by atoms with van der Waals surface area (Å²) in [5.41, 5.74) is 0. The SMILES string of the molecule is CC1OC(=O)N(C2CC2)C1C(=O)O. The molecule has 1 saturated heterocycles. The number of ether oxygens (including phenoxy) is 1. The van der Waals surface area contributed by atoms with Gasteiger partial charge in [0.05, 0.1) is 0 Å². The van der Waals surface area contributed by atoms with E-state index in [4.69, 9.17) is 9.84 Å². The van der Waals surface area contributed by atoms with Crippen molar-refractivity contribution >= 4 is 12.1 Å². The zero-order valence-corrected chi connectivity index (χ0v) is 7.27. The molecule has 72 valence electrons. The quantitative estimate of drug-likeness (QED) is 0.678. The Bertz CT molecular complexity index is 261. The normalized spacial score (nSPS) is 33.3. The lowest BCUT2D eigenvalue weighted by atomic mass is 10.2. The predicted octanol–water partition coefficient (Wildman–Crippen LogP) is 0.443. The Balaban J connectivity index is 2.20. The first kappa shape index (κ1) is 8.34. The number of nitrogens with zero attached hydrogens (tertiary/aromatic N) is 1. The van der Waals surface area contributed by atoms with E-state index in [-0.39, 0.29) is 6.04 Å². The number of carbonyl (C=O) groups excluding carboxylic acids is 1. The average molecular weight is 185 g/mol. The van der Waals surface area contributed by atoms with Crippen LogP contribution in [0.1, 0.15) is 19.8 Å². The lowest BCUT2D eigenvalue weighted by molar-refractivity contribution is -0.142. The molecule has 2 rings (SSSR count). The monoisotopic (exact) mass is 185 g/mol. The Morgan fingerprint density at radius 3 is 2.69 bits per heavy atom. The first-order chi connectivity index (χ1) is 6.11. The third-order valence-corrected chi connectivity index (χ3v) is 2.44. The van der Waals surface area contributed by atoms with Gasteiger partial charge in [-0.3, -0.25) is 4.90 Å². The molecule has 13 heavy (non-hydrogen) atoms. The van der Waals surface area contributed by atoms with Crippen LogP contribution in [-0.2, 0) is 9.53 Å². The molecule has 1 aliphatic heterocycles. The van der Waals surface area contributed by atoms with Crippen molar-refractivity contribution in [1.82, 2.24) is 4.90 Å². The fourth-order valence-electron chi connectivity index (χ4n) is 1.67. The van der Waals surface area contributed by atoms with Crippen molar-refractivity contribution in [2.45, 2.75) is 38.0 Å². The number of carboxylic acid groups (broad SMARTS) is 1. The van der Waals surface area contributed by atoms with Crippen molar-refractivity contribution in [3.63, 3.8) is 0 Å². The van der Waals surface area contributed by atoms with Crippen LogP contribution < -0.4 is 0 Å². The van der Waals surface area contributed by atoms with Gasteiger partial charge in [-0.15, -0.1) is 0 Å². The lowest BCUT2D eigenvalue weighted by Crippen LogP contribution is -2.43. The Morgan fingerprint density at radius 2 is 2.23 bits per heavy atom. The number of hydrogen-bond donors (Lipinski definition) is 1. The molecule has 1 N–H and O–H groups in total. The Morgan fingerprint density at radius 1 is 1.62 bits per heavy atom. The second kappa shape index (κ2) is 2.61. The minimum absolute atomic E-state index is 0.0959. The number of carbonyl (C=O) groups is 2. The predicted molar refractivity (Wildman–Crippen MR) is 42.2 cm³/mol. The van der Waals surface area contributed by atoms with Crippen LogP contribution in [0.25, 0.3) is 0 Å². The van der Waals surface area contributed by atoms with E-state index >= 15 is 0 Å². The van der Waals surface area contributed by atoms with Crippen molar-refractivity contribution in [3.05, 3.63) is 0 Å². The minimum atomic E-state index is -0.981. The molecule has 0 bridgehead atoms. The number of aliphatic carboxylic acids is 1. The van der Waals surface area contributed by atoms with Gasteiger partial charge in [0.15, 0.2) is 6.04 Å². The number of amides is 1. The van der Waals surface area contributed by atoms with E-state index in [1.165, 1.54) is 4.90 Å². The highest BCUT2D eigenvalue weighted by Gasteiger charge is 2.50. The molecule has 5 heteroatoms. The van der Waals surface area contributed by atoms with Gasteiger partial charge in [-0.1, -0.05) is 0 Å². The van der Waals surface area contributed by atoms with Gasteiger partial charge < -0.3 is 9.84 Å². The topological polar surface area (TPSA) is 66.8 Å². The molecule has 2 fully saturated rings. The van der Waals surface area contributed by atoms with Crippen molar-refractivity contribution in [2.75, 3.05) is 0 Å². The molecule has 0 radical (unpaired) electrons. The number of rotatable bonds is 2. The summed E-state index contributed by atoms with van der Waals surface area (Å²) in [6, 6.07) is -0.696. The van der Waals surface area contributed by atoms with Gasteiger partial charge >= 0.3 is 12.1 Å². The van der Waals surface area contributed by atoms with Crippen molar-refractivity contribution in [2.24, 2.45) is 0 Å². The molecule has 0 aromatic rings. The van der Waals surface area contributed by atoms with Gasteiger partial charge in [-0.25, -0.2) is 9.59 Å². The number of cyclic esters (lactones) is 1. The second-order valence-electron chi connectivity index (χ2n) is 3.51. The van der Waals surface area contributed by atoms with Gasteiger partial charge in [0.25, 0.3) is 0 Å². The van der Waals surface area contributed by atoms with E-state index in [1.54, 1.807) is 6.92 Å². The summed E-state index contributed by atoms with van der Waals surface area (Å²) in [5, 5.41) is 8.87. The van der Waals surface area contributed by atoms with Crippen LogP contribution >= 0.6 is 0 Å². The third kappa shape index (κ3) is 1.24. The van der Waals surface area contributed by atoms with Crippen LogP contribution in [-0.4, -0.2) is 40.3 Å². The maximum Gasteiger partial charge on any atom is 0.411 e. The molecule has 2 atom stereocenters. The Kier molecular flexibility index (Phi) is 1.68. The van der Waals surface area contributed by atoms with Crippen LogP contribution in [0.15, 0.2) is 0 Å². The zero-order chi connectivity index (χ0) is 9.59. The van der Waals surface area contributed by atoms with Crippen molar-refractivity contribution in [1.29, 1.82) is 0 Å². The highest BCUT2D eigenvalue weighted by atomic mass is 16.6. The smallest absolute Gasteiger partial charge is 0.411 e. The van der Waals surface area contributed by atoms with Crippen LogP contribution in [0.3, 0.4) is 0 Å². The fraction of sp³-hybridized carbons (Fsp3) is 0.750. The van der Waals surface area contributed by atoms with Gasteiger partial charge in [0.1, 0.15) is 6.10 Å². The summed E-state index contributed by atoms with van der Waals surface area (Å²) in [5.74, 6) is -0.981. The average Bonchev–Trinajstić information content (AvgIpc) is 2.77. The van der Waals surface area contributed by atoms with Crippen LogP contribution in [0, 0.1) is 0 Å². The Hall–Kier alpha value is -1.26. The van der Waals surface area contributed by atoms with Gasteiger partial charge in [-0.2, -0.15) is 0 Å². The molecule has 0 spiro atoms. The fourth-order valence-corrected chi connectivity index (χ4v) is 1.67. The first-order valence-corrected chi connectivity index (χ1v) is 4.33. The lowest BCUT2D eigenvalue weighted by Gasteiger charge is -2.18. The van der Waals surface area contributed by atoms with Crippen LogP contribution in [0.4, 0.5) is 4.79 Å². The molecular weight excluding hydrogens is 174 g/mol. The molecule has 1 heterocycles. The largest absolute Gasteiger partial charge is 0.480 e. The summed E-state index contributed by atoms with van der Waals surface area (Å²) in [6.07, 6.45) is 0.769. The maximum absolute atomic E-state index is 11.2. The highest BCUT2D eigenvalue weighted by molar-refractivity contribution is 5.84. The van der Waals surface area contributed by atoms with E-state index in [0.29, 0.717) is 0 Å². The molecule has 1 aliphatic carbocycles. The Labute approximate surface area is 75.3 Å². The highest BCUT2D eigenvalue weighted by Crippen LogP contribution is 2.34. The summed E-state index contributed by atoms with van der Waals surface area (Å²) >= 11 is 0. The number of carboxylic acids is 1. The molecule has 2 unspecified atom stereocenters. The van der Waals surface area contributed by atoms with Gasteiger partial charge in [0, 0.05) is 6.04 Å². The summed E-state index contributed by atoms with van der Waals surface area (Å²) in [6.45, 7) is 1.61. The van der Waals surface area contributed by atoms with E-state index in [0.717, 1.165) is 12.8 Å². The maximum atomic E-state index is 11.2.